The third-order valence-electron chi connectivity index (χ3n) is 4.83. The van der Waals surface area contributed by atoms with Crippen molar-refractivity contribution < 1.29 is 14.4 Å². The van der Waals surface area contributed by atoms with E-state index in [-0.39, 0.29) is 42.8 Å². The van der Waals surface area contributed by atoms with E-state index < -0.39 is 0 Å². The Hall–Kier alpha value is -2.45. The molecule has 1 atom stereocenters. The Morgan fingerprint density at radius 1 is 1.10 bits per heavy atom. The van der Waals surface area contributed by atoms with Gasteiger partial charge in [0.2, 0.25) is 11.8 Å². The van der Waals surface area contributed by atoms with E-state index in [1.807, 2.05) is 34.6 Å². The summed E-state index contributed by atoms with van der Waals surface area (Å²) < 4.78 is 0. The lowest BCUT2D eigenvalue weighted by Crippen LogP contribution is -2.42. The van der Waals surface area contributed by atoms with Gasteiger partial charge < -0.3 is 15.5 Å². The minimum atomic E-state index is -0.368. The van der Waals surface area contributed by atoms with Crippen molar-refractivity contribution in [1.29, 1.82) is 0 Å². The quantitative estimate of drug-likeness (QED) is 0.587. The maximum Gasteiger partial charge on any atom is 0.256 e. The molecule has 1 heterocycles. The van der Waals surface area contributed by atoms with Gasteiger partial charge in [0.25, 0.3) is 5.91 Å². The molecule has 7 nitrogen and oxygen atoms in total. The summed E-state index contributed by atoms with van der Waals surface area (Å²) in [7, 11) is 0. The summed E-state index contributed by atoms with van der Waals surface area (Å²) in [5.41, 5.74) is 0.936. The molecule has 0 aliphatic rings. The highest BCUT2D eigenvalue weighted by Gasteiger charge is 2.23. The van der Waals surface area contributed by atoms with Crippen molar-refractivity contribution in [3.05, 3.63) is 45.9 Å². The number of carbonyl (C=O) groups excluding carboxylic acids is 3. The SMILES string of the molecule is CC(C)C(C)NC(=O)Cc1csc(NC(=O)CN(C(=O)c2ccccc2Cl)C(C)C)n1. The van der Waals surface area contributed by atoms with Crippen molar-refractivity contribution in [3.8, 4) is 0 Å². The number of amides is 3. The lowest BCUT2D eigenvalue weighted by Gasteiger charge is -2.26. The minimum absolute atomic E-state index is 0.0722. The summed E-state index contributed by atoms with van der Waals surface area (Å²) in [6.45, 7) is 9.57. The molecule has 2 N–H and O–H groups in total. The first-order valence-corrected chi connectivity index (χ1v) is 11.4. The van der Waals surface area contributed by atoms with Crippen LogP contribution in [0.4, 0.5) is 5.13 Å². The maximum absolute atomic E-state index is 12.9. The standard InChI is InChI=1S/C22H29ClN4O3S/c1-13(2)15(5)24-19(28)10-16-12-31-22(25-16)26-20(29)11-27(14(3)4)21(30)17-8-6-7-9-18(17)23/h6-9,12-15H,10-11H2,1-5H3,(H,24,28)(H,25,26,29). The van der Waals surface area contributed by atoms with Crippen molar-refractivity contribution in [1.82, 2.24) is 15.2 Å². The Balaban J connectivity index is 1.97. The monoisotopic (exact) mass is 464 g/mol. The molecule has 0 aliphatic heterocycles. The number of hydrogen-bond donors (Lipinski definition) is 2. The number of aromatic nitrogens is 1. The molecule has 3 amide bonds. The number of benzene rings is 1. The summed E-state index contributed by atoms with van der Waals surface area (Å²) in [5.74, 6) is -0.452. The minimum Gasteiger partial charge on any atom is -0.353 e. The average Bonchev–Trinajstić information content (AvgIpc) is 3.11. The Bertz CT molecular complexity index is 929. The molecule has 1 aromatic carbocycles. The zero-order valence-corrected chi connectivity index (χ0v) is 20.0. The first kappa shape index (κ1) is 24.8. The summed E-state index contributed by atoms with van der Waals surface area (Å²) in [4.78, 5) is 43.3. The van der Waals surface area contributed by atoms with E-state index in [2.05, 4.69) is 15.6 Å². The van der Waals surface area contributed by atoms with Crippen LogP contribution in [0.2, 0.25) is 5.02 Å². The Morgan fingerprint density at radius 2 is 1.77 bits per heavy atom. The van der Waals surface area contributed by atoms with Crippen molar-refractivity contribution in [2.75, 3.05) is 11.9 Å². The first-order chi connectivity index (χ1) is 14.6. The van der Waals surface area contributed by atoms with Gasteiger partial charge in [-0.25, -0.2) is 4.98 Å². The molecule has 0 radical (unpaired) electrons. The number of halogens is 1. The largest absolute Gasteiger partial charge is 0.353 e. The zero-order valence-electron chi connectivity index (χ0n) is 18.4. The van der Waals surface area contributed by atoms with Gasteiger partial charge in [-0.15, -0.1) is 11.3 Å². The molecular formula is C22H29ClN4O3S. The van der Waals surface area contributed by atoms with Crippen LogP contribution in [-0.2, 0) is 16.0 Å². The van der Waals surface area contributed by atoms with Gasteiger partial charge >= 0.3 is 0 Å². The van der Waals surface area contributed by atoms with Crippen LogP contribution in [0.15, 0.2) is 29.6 Å². The van der Waals surface area contributed by atoms with Crippen LogP contribution in [0.3, 0.4) is 0 Å². The fraction of sp³-hybridized carbons (Fsp3) is 0.455. The predicted molar refractivity (Wildman–Crippen MR) is 125 cm³/mol. The van der Waals surface area contributed by atoms with E-state index in [0.29, 0.717) is 27.3 Å². The molecule has 0 saturated heterocycles. The highest BCUT2D eigenvalue weighted by atomic mass is 35.5. The van der Waals surface area contributed by atoms with E-state index in [4.69, 9.17) is 11.6 Å². The number of nitrogens with zero attached hydrogens (tertiary/aromatic N) is 2. The second-order valence-electron chi connectivity index (χ2n) is 7.98. The molecule has 168 valence electrons. The maximum atomic E-state index is 12.9. The van der Waals surface area contributed by atoms with Gasteiger partial charge in [0, 0.05) is 17.5 Å². The summed E-state index contributed by atoms with van der Waals surface area (Å²) in [5, 5.41) is 8.11. The lowest BCUT2D eigenvalue weighted by molar-refractivity contribution is -0.121. The van der Waals surface area contributed by atoms with Crippen LogP contribution in [0.5, 0.6) is 0 Å². The summed E-state index contributed by atoms with van der Waals surface area (Å²) >= 11 is 7.38. The summed E-state index contributed by atoms with van der Waals surface area (Å²) in [6.07, 6.45) is 0.145. The molecule has 2 aromatic rings. The molecule has 0 spiro atoms. The van der Waals surface area contributed by atoms with Crippen molar-refractivity contribution in [3.63, 3.8) is 0 Å². The molecular weight excluding hydrogens is 436 g/mol. The van der Waals surface area contributed by atoms with E-state index in [1.165, 1.54) is 16.2 Å². The van der Waals surface area contributed by atoms with Gasteiger partial charge in [0.05, 0.1) is 22.7 Å². The second-order valence-corrected chi connectivity index (χ2v) is 9.24. The van der Waals surface area contributed by atoms with E-state index >= 15 is 0 Å². The van der Waals surface area contributed by atoms with Gasteiger partial charge in [-0.3, -0.25) is 14.4 Å². The van der Waals surface area contributed by atoms with Crippen LogP contribution < -0.4 is 10.6 Å². The van der Waals surface area contributed by atoms with Crippen LogP contribution in [-0.4, -0.2) is 46.2 Å². The number of carbonyl (C=O) groups is 3. The zero-order chi connectivity index (χ0) is 23.1. The molecule has 1 unspecified atom stereocenters. The molecule has 1 aromatic heterocycles. The molecule has 2 rings (SSSR count). The van der Waals surface area contributed by atoms with E-state index in [0.717, 1.165) is 0 Å². The Labute approximate surface area is 192 Å². The predicted octanol–water partition coefficient (Wildman–Crippen LogP) is 3.99. The van der Waals surface area contributed by atoms with Gasteiger partial charge in [-0.05, 0) is 38.8 Å². The summed E-state index contributed by atoms with van der Waals surface area (Å²) in [6, 6.07) is 6.62. The van der Waals surface area contributed by atoms with Crippen molar-refractivity contribution in [2.24, 2.45) is 5.92 Å². The molecule has 9 heteroatoms. The Kier molecular flexibility index (Phi) is 9.00. The molecule has 0 saturated carbocycles. The normalized spacial score (nSPS) is 12.0. The molecule has 0 aliphatic carbocycles. The van der Waals surface area contributed by atoms with Crippen molar-refractivity contribution in [2.45, 2.75) is 53.1 Å². The number of rotatable bonds is 9. The number of thiazole rings is 1. The second kappa shape index (κ2) is 11.2. The van der Waals surface area contributed by atoms with Crippen LogP contribution in [0, 0.1) is 5.92 Å². The van der Waals surface area contributed by atoms with Gasteiger partial charge in [0.15, 0.2) is 5.13 Å². The lowest BCUT2D eigenvalue weighted by atomic mass is 10.1. The molecule has 0 bridgehead atoms. The number of hydrogen-bond acceptors (Lipinski definition) is 5. The van der Waals surface area contributed by atoms with Crippen LogP contribution in [0.25, 0.3) is 0 Å². The fourth-order valence-corrected chi connectivity index (χ4v) is 3.62. The topological polar surface area (TPSA) is 91.4 Å². The van der Waals surface area contributed by atoms with Crippen molar-refractivity contribution >= 4 is 45.8 Å². The molecule has 31 heavy (non-hydrogen) atoms. The Morgan fingerprint density at radius 3 is 2.39 bits per heavy atom. The third kappa shape index (κ3) is 7.33. The third-order valence-corrected chi connectivity index (χ3v) is 5.97. The van der Waals surface area contributed by atoms with Crippen LogP contribution in [0.1, 0.15) is 50.7 Å². The fourth-order valence-electron chi connectivity index (χ4n) is 2.67. The highest BCUT2D eigenvalue weighted by molar-refractivity contribution is 7.13. The first-order valence-electron chi connectivity index (χ1n) is 10.2. The average molecular weight is 465 g/mol. The number of nitrogens with one attached hydrogen (secondary N) is 2. The molecule has 0 fully saturated rings. The number of anilines is 1. The smallest absolute Gasteiger partial charge is 0.256 e. The van der Waals surface area contributed by atoms with Crippen LogP contribution >= 0.6 is 22.9 Å². The van der Waals surface area contributed by atoms with E-state index in [9.17, 15) is 14.4 Å². The van der Waals surface area contributed by atoms with E-state index in [1.54, 1.807) is 29.6 Å². The van der Waals surface area contributed by atoms with Gasteiger partial charge in [-0.1, -0.05) is 37.6 Å². The van der Waals surface area contributed by atoms with Gasteiger partial charge in [0.1, 0.15) is 6.54 Å². The van der Waals surface area contributed by atoms with Gasteiger partial charge in [-0.2, -0.15) is 0 Å². The highest BCUT2D eigenvalue weighted by Crippen LogP contribution is 2.19.